The summed E-state index contributed by atoms with van der Waals surface area (Å²) in [5.41, 5.74) is 5.51. The Morgan fingerprint density at radius 2 is 0.808 bits per heavy atom. The summed E-state index contributed by atoms with van der Waals surface area (Å²) < 4.78 is 45.7. The van der Waals surface area contributed by atoms with Crippen molar-refractivity contribution in [1.29, 1.82) is 0 Å². The molecular weight excluding hydrogens is 730 g/mol. The van der Waals surface area contributed by atoms with Crippen LogP contribution in [0.25, 0.3) is 0 Å². The van der Waals surface area contributed by atoms with E-state index in [0.717, 1.165) is 0 Å². The van der Waals surface area contributed by atoms with Gasteiger partial charge in [-0.1, -0.05) is 0 Å². The van der Waals surface area contributed by atoms with E-state index in [-0.39, 0.29) is 6.61 Å². The monoisotopic (exact) mass is 783 g/mol. The van der Waals surface area contributed by atoms with Gasteiger partial charge in [-0.15, -0.1) is 0 Å². The Bertz CT molecular complexity index is 1040. The third-order valence-corrected chi connectivity index (χ3v) is 10.3. The minimum absolute atomic E-state index is 0.0603. The lowest BCUT2D eigenvalue weighted by molar-refractivity contribution is -0.406. The first kappa shape index (κ1) is 44.2. The van der Waals surface area contributed by atoms with E-state index >= 15 is 0 Å². The standard InChI is InChI=1S/C29H53NO21S/c30-2-5-52-4-1-3-44-27-23(19(40)15(36)11(7-32)46-27)50-29-25(21(42)17(38)13(9-34)48-29)51-28-24(20(41)16(37)12(8-33)47-28)49-26-22(43)18(39)14(35)10(6-31)45-26/h10-29,31-43H,1-9,30H2/t10?,11?,12?,13?,14-,15-,16-,17-,18+,19+,20+,21+,22?,23?,24?,25?,26+,27+,28+,29-/m1/s1. The van der Waals surface area contributed by atoms with Crippen LogP contribution in [-0.4, -0.2) is 240 Å². The zero-order valence-corrected chi connectivity index (χ0v) is 28.8. The van der Waals surface area contributed by atoms with Crippen LogP contribution in [0, 0.1) is 0 Å². The molecule has 0 aliphatic carbocycles. The number of hydrogen-bond donors (Lipinski definition) is 14. The van der Waals surface area contributed by atoms with Gasteiger partial charge in [0.2, 0.25) is 0 Å². The van der Waals surface area contributed by atoms with Crippen molar-refractivity contribution in [2.45, 2.75) is 129 Å². The number of aliphatic hydroxyl groups is 13. The lowest BCUT2D eigenvalue weighted by Gasteiger charge is -2.49. The van der Waals surface area contributed by atoms with Gasteiger partial charge in [-0.2, -0.15) is 11.8 Å². The largest absolute Gasteiger partial charge is 0.394 e. The Morgan fingerprint density at radius 1 is 0.442 bits per heavy atom. The summed E-state index contributed by atoms with van der Waals surface area (Å²) in [5.74, 6) is 1.36. The molecule has 0 saturated carbocycles. The van der Waals surface area contributed by atoms with E-state index in [0.29, 0.717) is 24.5 Å². The molecule has 20 atom stereocenters. The predicted octanol–water partition coefficient (Wildman–Crippen LogP) is -8.64. The molecule has 306 valence electrons. The summed E-state index contributed by atoms with van der Waals surface area (Å²) in [7, 11) is 0. The van der Waals surface area contributed by atoms with Crippen LogP contribution in [0.5, 0.6) is 0 Å². The van der Waals surface area contributed by atoms with Gasteiger partial charge in [0.25, 0.3) is 0 Å². The van der Waals surface area contributed by atoms with E-state index in [1.807, 2.05) is 0 Å². The van der Waals surface area contributed by atoms with E-state index < -0.39 is 149 Å². The molecule has 0 radical (unpaired) electrons. The molecule has 4 aliphatic heterocycles. The average Bonchev–Trinajstić information content (AvgIpc) is 3.14. The number of thioether (sulfide) groups is 1. The van der Waals surface area contributed by atoms with Crippen LogP contribution in [0.3, 0.4) is 0 Å². The highest BCUT2D eigenvalue weighted by atomic mass is 32.2. The molecule has 4 heterocycles. The molecule has 0 aromatic rings. The quantitative estimate of drug-likeness (QED) is 0.0609. The van der Waals surface area contributed by atoms with Crippen LogP contribution in [-0.2, 0) is 37.9 Å². The number of aliphatic hydroxyl groups excluding tert-OH is 13. The number of hydrogen-bond acceptors (Lipinski definition) is 23. The van der Waals surface area contributed by atoms with Gasteiger partial charge in [-0.25, -0.2) is 0 Å². The fourth-order valence-corrected chi connectivity index (χ4v) is 6.84. The Labute approximate surface area is 302 Å². The second-order valence-electron chi connectivity index (χ2n) is 12.7. The van der Waals surface area contributed by atoms with E-state index in [4.69, 9.17) is 43.6 Å². The zero-order chi connectivity index (χ0) is 38.3. The molecule has 4 fully saturated rings. The fourth-order valence-electron chi connectivity index (χ4n) is 6.15. The van der Waals surface area contributed by atoms with Gasteiger partial charge in [-0.3, -0.25) is 0 Å². The summed E-state index contributed by atoms with van der Waals surface area (Å²) in [6.45, 7) is -2.75. The van der Waals surface area contributed by atoms with E-state index in [9.17, 15) is 66.4 Å². The topological polar surface area (TPSA) is 363 Å². The van der Waals surface area contributed by atoms with Gasteiger partial charge in [0.1, 0.15) is 97.7 Å². The van der Waals surface area contributed by atoms with Crippen LogP contribution in [0.15, 0.2) is 0 Å². The second kappa shape index (κ2) is 20.6. The molecule has 4 aliphatic rings. The highest BCUT2D eigenvalue weighted by Crippen LogP contribution is 2.35. The van der Waals surface area contributed by atoms with Crippen LogP contribution >= 0.6 is 11.8 Å². The molecule has 52 heavy (non-hydrogen) atoms. The Balaban J connectivity index is 1.60. The number of rotatable bonds is 17. The first-order valence-electron chi connectivity index (χ1n) is 16.9. The van der Waals surface area contributed by atoms with E-state index in [2.05, 4.69) is 0 Å². The maximum absolute atomic E-state index is 11.2. The molecule has 0 aromatic heterocycles. The Morgan fingerprint density at radius 3 is 1.23 bits per heavy atom. The first-order chi connectivity index (χ1) is 24.8. The van der Waals surface area contributed by atoms with Crippen molar-refractivity contribution in [2.24, 2.45) is 5.73 Å². The van der Waals surface area contributed by atoms with Crippen molar-refractivity contribution in [3.63, 3.8) is 0 Å². The van der Waals surface area contributed by atoms with Gasteiger partial charge in [-0.05, 0) is 12.2 Å². The fraction of sp³-hybridized carbons (Fsp3) is 1.00. The highest BCUT2D eigenvalue weighted by molar-refractivity contribution is 7.99. The van der Waals surface area contributed by atoms with Crippen LogP contribution in [0.4, 0.5) is 0 Å². The van der Waals surface area contributed by atoms with Gasteiger partial charge in [0, 0.05) is 12.3 Å². The molecular formula is C29H53NO21S. The molecule has 22 nitrogen and oxygen atoms in total. The summed E-state index contributed by atoms with van der Waals surface area (Å²) in [6.07, 6.45) is -34.8. The molecule has 15 N–H and O–H groups in total. The Kier molecular flexibility index (Phi) is 17.5. The van der Waals surface area contributed by atoms with Crippen molar-refractivity contribution in [3.8, 4) is 0 Å². The minimum Gasteiger partial charge on any atom is -0.394 e. The van der Waals surface area contributed by atoms with Crippen molar-refractivity contribution >= 4 is 11.8 Å². The average molecular weight is 784 g/mol. The normalized spacial score (nSPS) is 47.4. The molecule has 23 heteroatoms. The Hall–Kier alpha value is -0.530. The third kappa shape index (κ3) is 10.1. The predicted molar refractivity (Wildman–Crippen MR) is 169 cm³/mol. The van der Waals surface area contributed by atoms with Gasteiger partial charge in [0.15, 0.2) is 25.2 Å². The molecule has 0 spiro atoms. The van der Waals surface area contributed by atoms with Gasteiger partial charge < -0.3 is 110 Å². The third-order valence-electron chi connectivity index (χ3n) is 9.17. The number of ether oxygens (including phenoxy) is 8. The summed E-state index contributed by atoms with van der Waals surface area (Å²) >= 11 is 1.56. The molecule has 0 bridgehead atoms. The van der Waals surface area contributed by atoms with Crippen molar-refractivity contribution < 1.29 is 104 Å². The van der Waals surface area contributed by atoms with E-state index in [1.54, 1.807) is 11.8 Å². The molecule has 0 amide bonds. The van der Waals surface area contributed by atoms with Gasteiger partial charge in [0.05, 0.1) is 33.0 Å². The zero-order valence-electron chi connectivity index (χ0n) is 28.0. The first-order valence-corrected chi connectivity index (χ1v) is 18.0. The van der Waals surface area contributed by atoms with Crippen molar-refractivity contribution in [1.82, 2.24) is 0 Å². The highest BCUT2D eigenvalue weighted by Gasteiger charge is 2.56. The minimum atomic E-state index is -2.00. The SMILES string of the molecule is NCCSCCCO[C@H]1OC(CO)[C@@H](O)[C@H](O)C1O[C@H]1OC(CO)[C@@H](O)[C@H](O)C1O[C@@H]1OC(CO)[C@@H](O)[C@H](O)C1O[C@@H]1OC(CO)[C@@H](O)[C@H](O)C1O. The maximum Gasteiger partial charge on any atom is 0.187 e. The van der Waals surface area contributed by atoms with Crippen LogP contribution in [0.1, 0.15) is 6.42 Å². The number of nitrogens with two attached hydrogens (primary N) is 1. The van der Waals surface area contributed by atoms with Crippen molar-refractivity contribution in [3.05, 3.63) is 0 Å². The summed E-state index contributed by atoms with van der Waals surface area (Å²) in [6, 6.07) is 0. The molecule has 0 aromatic carbocycles. The molecule has 4 rings (SSSR count). The van der Waals surface area contributed by atoms with E-state index in [1.165, 1.54) is 0 Å². The van der Waals surface area contributed by atoms with Crippen LogP contribution in [0.2, 0.25) is 0 Å². The lowest BCUT2D eigenvalue weighted by Crippen LogP contribution is -2.68. The second-order valence-corrected chi connectivity index (χ2v) is 14.0. The maximum atomic E-state index is 11.2. The molecule has 8 unspecified atom stereocenters. The summed E-state index contributed by atoms with van der Waals surface area (Å²) in [4.78, 5) is 0. The smallest absolute Gasteiger partial charge is 0.187 e. The van der Waals surface area contributed by atoms with Crippen molar-refractivity contribution in [2.75, 3.05) is 51.1 Å². The lowest BCUT2D eigenvalue weighted by atomic mass is 9.96. The van der Waals surface area contributed by atoms with Crippen LogP contribution < -0.4 is 5.73 Å². The summed E-state index contributed by atoms with van der Waals surface area (Å²) in [5, 5.41) is 135. The van der Waals surface area contributed by atoms with Gasteiger partial charge >= 0.3 is 0 Å². The molecule has 4 saturated heterocycles.